The molecule has 1 rings (SSSR count). The van der Waals surface area contributed by atoms with Gasteiger partial charge >= 0.3 is 0 Å². The smallest absolute Gasteiger partial charge is 0.212 e. The lowest BCUT2D eigenvalue weighted by Gasteiger charge is -2.33. The number of piperidine rings is 1. The molecule has 2 unspecified atom stereocenters. The van der Waals surface area contributed by atoms with Gasteiger partial charge in [0, 0.05) is 17.9 Å². The van der Waals surface area contributed by atoms with Crippen molar-refractivity contribution in [2.24, 2.45) is 5.92 Å². The molecule has 1 fully saturated rings. The van der Waals surface area contributed by atoms with E-state index in [2.05, 4.69) is 22.9 Å². The molecule has 3 nitrogen and oxygen atoms in total. The van der Waals surface area contributed by atoms with Crippen molar-refractivity contribution < 1.29 is 8.42 Å². The summed E-state index contributed by atoms with van der Waals surface area (Å²) in [7, 11) is -3.00. The van der Waals surface area contributed by atoms with Crippen molar-refractivity contribution in [3.63, 3.8) is 0 Å². The third kappa shape index (κ3) is 3.71. The van der Waals surface area contributed by atoms with Crippen LogP contribution in [0.5, 0.6) is 0 Å². The Bertz CT molecular complexity index is 292. The molecule has 1 aliphatic rings. The molecule has 90 valence electrons. The number of rotatable bonds is 4. The van der Waals surface area contributed by atoms with Gasteiger partial charge in [0.25, 0.3) is 0 Å². The Morgan fingerprint density at radius 3 is 2.67 bits per heavy atom. The van der Waals surface area contributed by atoms with E-state index in [1.807, 2.05) is 6.92 Å². The summed E-state index contributed by atoms with van der Waals surface area (Å²) in [5.74, 6) is 0.875. The fourth-order valence-electron chi connectivity index (χ4n) is 1.70. The van der Waals surface area contributed by atoms with E-state index < -0.39 is 10.0 Å². The van der Waals surface area contributed by atoms with Crippen LogP contribution < -0.4 is 0 Å². The normalized spacial score (nSPS) is 29.3. The maximum Gasteiger partial charge on any atom is 0.214 e. The fourth-order valence-corrected chi connectivity index (χ4v) is 4.19. The molecule has 0 aromatic heterocycles. The first kappa shape index (κ1) is 13.5. The molecule has 1 aliphatic heterocycles. The summed E-state index contributed by atoms with van der Waals surface area (Å²) in [6.07, 6.45) is 2.66. The van der Waals surface area contributed by atoms with Crippen LogP contribution in [-0.4, -0.2) is 36.4 Å². The van der Waals surface area contributed by atoms with Gasteiger partial charge in [-0.15, -0.1) is 0 Å². The van der Waals surface area contributed by atoms with Gasteiger partial charge in [0.05, 0.1) is 5.75 Å². The van der Waals surface area contributed by atoms with Gasteiger partial charge in [-0.05, 0) is 18.8 Å². The van der Waals surface area contributed by atoms with Crippen molar-refractivity contribution in [1.29, 1.82) is 0 Å². The third-order valence-electron chi connectivity index (χ3n) is 2.98. The van der Waals surface area contributed by atoms with Gasteiger partial charge < -0.3 is 0 Å². The monoisotopic (exact) mass is 297 g/mol. The molecule has 0 radical (unpaired) electrons. The summed E-state index contributed by atoms with van der Waals surface area (Å²) in [6, 6.07) is 0. The van der Waals surface area contributed by atoms with Crippen LogP contribution in [0.1, 0.15) is 33.1 Å². The Morgan fingerprint density at radius 1 is 1.47 bits per heavy atom. The SMILES string of the molecule is CCCCS(=O)(=O)N1CCC(C)C(Br)C1. The number of sulfonamides is 1. The minimum Gasteiger partial charge on any atom is -0.212 e. The first-order valence-electron chi connectivity index (χ1n) is 5.59. The Balaban J connectivity index is 2.57. The average molecular weight is 298 g/mol. The van der Waals surface area contributed by atoms with E-state index in [1.165, 1.54) is 0 Å². The van der Waals surface area contributed by atoms with Gasteiger partial charge in [-0.3, -0.25) is 0 Å². The van der Waals surface area contributed by atoms with Gasteiger partial charge in [0.1, 0.15) is 0 Å². The van der Waals surface area contributed by atoms with Crippen LogP contribution >= 0.6 is 15.9 Å². The maximum absolute atomic E-state index is 11.9. The lowest BCUT2D eigenvalue weighted by molar-refractivity contribution is 0.299. The molecule has 0 N–H and O–H groups in total. The predicted octanol–water partition coefficient (Wildman–Crippen LogP) is 2.22. The summed E-state index contributed by atoms with van der Waals surface area (Å²) in [5, 5.41) is 0. The lowest BCUT2D eigenvalue weighted by Crippen LogP contribution is -2.44. The standard InChI is InChI=1S/C10H20BrNO2S/c1-3-4-7-15(13,14)12-6-5-9(2)10(11)8-12/h9-10H,3-8H2,1-2H3. The highest BCUT2D eigenvalue weighted by molar-refractivity contribution is 9.09. The third-order valence-corrected chi connectivity index (χ3v) is 6.09. The minimum atomic E-state index is -3.00. The van der Waals surface area contributed by atoms with E-state index >= 15 is 0 Å². The number of halogens is 1. The summed E-state index contributed by atoms with van der Waals surface area (Å²) in [6.45, 7) is 5.50. The van der Waals surface area contributed by atoms with Crippen molar-refractivity contribution in [2.75, 3.05) is 18.8 Å². The molecule has 2 atom stereocenters. The minimum absolute atomic E-state index is 0.303. The van der Waals surface area contributed by atoms with E-state index in [0.717, 1.165) is 19.3 Å². The number of nitrogens with zero attached hydrogens (tertiary/aromatic N) is 1. The van der Waals surface area contributed by atoms with E-state index in [9.17, 15) is 8.42 Å². The largest absolute Gasteiger partial charge is 0.214 e. The Kier molecular flexibility index (Phi) is 5.06. The first-order valence-corrected chi connectivity index (χ1v) is 8.11. The van der Waals surface area contributed by atoms with E-state index in [4.69, 9.17) is 0 Å². The van der Waals surface area contributed by atoms with Crippen molar-refractivity contribution in [3.05, 3.63) is 0 Å². The average Bonchev–Trinajstić information content (AvgIpc) is 2.19. The molecule has 0 saturated carbocycles. The van der Waals surface area contributed by atoms with Crippen molar-refractivity contribution in [3.8, 4) is 0 Å². The predicted molar refractivity (Wildman–Crippen MR) is 66.8 cm³/mol. The molecule has 5 heteroatoms. The quantitative estimate of drug-likeness (QED) is 0.746. The topological polar surface area (TPSA) is 37.4 Å². The second-order valence-electron chi connectivity index (χ2n) is 4.31. The molecular formula is C10H20BrNO2S. The maximum atomic E-state index is 11.9. The van der Waals surface area contributed by atoms with Crippen LogP contribution in [0.3, 0.4) is 0 Å². The van der Waals surface area contributed by atoms with E-state index in [-0.39, 0.29) is 0 Å². The molecule has 15 heavy (non-hydrogen) atoms. The summed E-state index contributed by atoms with van der Waals surface area (Å²) in [5.41, 5.74) is 0. The summed E-state index contributed by atoms with van der Waals surface area (Å²) < 4.78 is 25.4. The highest BCUT2D eigenvalue weighted by Gasteiger charge is 2.30. The second-order valence-corrected chi connectivity index (χ2v) is 7.57. The van der Waals surface area contributed by atoms with Gasteiger partial charge in [-0.2, -0.15) is 0 Å². The Hall–Kier alpha value is 0.390. The van der Waals surface area contributed by atoms with Gasteiger partial charge in [-0.1, -0.05) is 36.2 Å². The van der Waals surface area contributed by atoms with Crippen LogP contribution in [0.15, 0.2) is 0 Å². The second kappa shape index (κ2) is 5.64. The number of alkyl halides is 1. The number of unbranched alkanes of at least 4 members (excludes halogenated alkanes) is 1. The van der Waals surface area contributed by atoms with Crippen LogP contribution in [0, 0.1) is 5.92 Å². The molecule has 0 spiro atoms. The molecule has 0 bridgehead atoms. The van der Waals surface area contributed by atoms with Crippen LogP contribution in [0.2, 0.25) is 0 Å². The highest BCUT2D eigenvalue weighted by Crippen LogP contribution is 2.25. The van der Waals surface area contributed by atoms with Gasteiger partial charge in [0.2, 0.25) is 10.0 Å². The molecule has 0 aromatic rings. The van der Waals surface area contributed by atoms with Crippen molar-refractivity contribution >= 4 is 26.0 Å². The zero-order chi connectivity index (χ0) is 11.5. The molecule has 0 aliphatic carbocycles. The zero-order valence-corrected chi connectivity index (χ0v) is 11.8. The van der Waals surface area contributed by atoms with Gasteiger partial charge in [0.15, 0.2) is 0 Å². The zero-order valence-electron chi connectivity index (χ0n) is 9.45. The first-order chi connectivity index (χ1) is 6.97. The molecule has 1 heterocycles. The highest BCUT2D eigenvalue weighted by atomic mass is 79.9. The molecule has 0 amide bonds. The van der Waals surface area contributed by atoms with Crippen molar-refractivity contribution in [2.45, 2.75) is 37.9 Å². The molecule has 0 aromatic carbocycles. The van der Waals surface area contributed by atoms with E-state index in [0.29, 0.717) is 29.6 Å². The molecule has 1 saturated heterocycles. The van der Waals surface area contributed by atoms with Crippen LogP contribution in [0.25, 0.3) is 0 Å². The van der Waals surface area contributed by atoms with E-state index in [1.54, 1.807) is 4.31 Å². The Morgan fingerprint density at radius 2 is 2.13 bits per heavy atom. The summed E-state index contributed by atoms with van der Waals surface area (Å²) in [4.78, 5) is 0.308. The number of hydrogen-bond acceptors (Lipinski definition) is 2. The van der Waals surface area contributed by atoms with Crippen LogP contribution in [0.4, 0.5) is 0 Å². The fraction of sp³-hybridized carbons (Fsp3) is 1.00. The van der Waals surface area contributed by atoms with Crippen LogP contribution in [-0.2, 0) is 10.0 Å². The lowest BCUT2D eigenvalue weighted by atomic mass is 10.0. The Labute approximate surface area is 101 Å². The molecular weight excluding hydrogens is 278 g/mol. The van der Waals surface area contributed by atoms with Gasteiger partial charge in [-0.25, -0.2) is 12.7 Å². The summed E-state index contributed by atoms with van der Waals surface area (Å²) >= 11 is 3.55. The number of hydrogen-bond donors (Lipinski definition) is 0. The van der Waals surface area contributed by atoms with Crippen molar-refractivity contribution in [1.82, 2.24) is 4.31 Å².